The van der Waals surface area contributed by atoms with Crippen molar-refractivity contribution in [1.82, 2.24) is 0 Å². The van der Waals surface area contributed by atoms with Crippen molar-refractivity contribution in [3.63, 3.8) is 0 Å². The molecule has 0 fully saturated rings. The van der Waals surface area contributed by atoms with Gasteiger partial charge in [0.1, 0.15) is 0 Å². The molecule has 10 heavy (non-hydrogen) atoms. The molecule has 0 saturated heterocycles. The van der Waals surface area contributed by atoms with Crippen LogP contribution in [0.1, 0.15) is 27.7 Å². The van der Waals surface area contributed by atoms with Crippen molar-refractivity contribution in [1.29, 1.82) is 0 Å². The molecule has 0 amide bonds. The molecule has 0 unspecified atom stereocenters. The molecular weight excluding hydrogens is 146 g/mol. The fourth-order valence-corrected chi connectivity index (χ4v) is 4.50. The molecule has 0 atom stereocenters. The number of hydrogen-bond acceptors (Lipinski definition) is 0. The molecule has 0 aromatic carbocycles. The zero-order chi connectivity index (χ0) is 7.33. The average Bonchev–Trinajstić information content (AvgIpc) is 1.95. The number of hydrogen-bond donors (Lipinski definition) is 0. The minimum atomic E-state index is -0.691. The second kappa shape index (κ2) is 6.09. The van der Waals surface area contributed by atoms with E-state index < -0.39 is 7.26 Å². The van der Waals surface area contributed by atoms with Crippen LogP contribution in [0.5, 0.6) is 0 Å². The molecule has 0 aliphatic rings. The van der Waals surface area contributed by atoms with Gasteiger partial charge in [-0.2, -0.15) is 0 Å². The summed E-state index contributed by atoms with van der Waals surface area (Å²) in [7, 11) is -0.691. The van der Waals surface area contributed by atoms with Gasteiger partial charge < -0.3 is 0 Å². The molecule has 0 nitrogen and oxygen atoms in total. The predicted molar refractivity (Wildman–Crippen MR) is 53.0 cm³/mol. The SMILES string of the molecule is CC[PH](CC)(CC)CC.F. The predicted octanol–water partition coefficient (Wildman–Crippen LogP) is 2.97. The molecule has 0 N–H and O–H groups in total. The molecule has 0 spiro atoms. The summed E-state index contributed by atoms with van der Waals surface area (Å²) in [5, 5.41) is 0. The van der Waals surface area contributed by atoms with Crippen LogP contribution in [-0.4, -0.2) is 24.6 Å². The monoisotopic (exact) mass is 168 g/mol. The fourth-order valence-electron chi connectivity index (χ4n) is 1.50. The molecule has 2 heteroatoms. The van der Waals surface area contributed by atoms with E-state index in [1.165, 1.54) is 24.6 Å². The quantitative estimate of drug-likeness (QED) is 0.566. The summed E-state index contributed by atoms with van der Waals surface area (Å²) in [6.45, 7) is 9.46. The van der Waals surface area contributed by atoms with Gasteiger partial charge in [-0.25, -0.2) is 0 Å². The third kappa shape index (κ3) is 2.96. The van der Waals surface area contributed by atoms with Gasteiger partial charge in [0.15, 0.2) is 0 Å². The van der Waals surface area contributed by atoms with E-state index in [0.717, 1.165) is 0 Å². The van der Waals surface area contributed by atoms with Crippen molar-refractivity contribution in [2.24, 2.45) is 0 Å². The van der Waals surface area contributed by atoms with Crippen molar-refractivity contribution >= 4 is 7.26 Å². The van der Waals surface area contributed by atoms with Crippen LogP contribution < -0.4 is 0 Å². The van der Waals surface area contributed by atoms with E-state index in [1.807, 2.05) is 0 Å². The van der Waals surface area contributed by atoms with Crippen molar-refractivity contribution in [2.45, 2.75) is 27.7 Å². The van der Waals surface area contributed by atoms with Gasteiger partial charge in [-0.15, -0.1) is 0 Å². The minimum absolute atomic E-state index is 0. The second-order valence-corrected chi connectivity index (χ2v) is 8.74. The Labute approximate surface area is 65.1 Å². The van der Waals surface area contributed by atoms with Crippen LogP contribution >= 0.6 is 7.26 Å². The Kier molecular flexibility index (Phi) is 7.92. The van der Waals surface area contributed by atoms with Gasteiger partial charge in [-0.1, -0.05) is 0 Å². The van der Waals surface area contributed by atoms with Gasteiger partial charge in [0.2, 0.25) is 0 Å². The van der Waals surface area contributed by atoms with Gasteiger partial charge in [0.25, 0.3) is 0 Å². The van der Waals surface area contributed by atoms with E-state index in [2.05, 4.69) is 27.7 Å². The van der Waals surface area contributed by atoms with Crippen molar-refractivity contribution in [2.75, 3.05) is 24.6 Å². The zero-order valence-corrected chi connectivity index (χ0v) is 8.74. The normalized spacial score (nSPS) is 12.4. The second-order valence-electron chi connectivity index (χ2n) is 2.91. The first kappa shape index (κ1) is 13.0. The maximum absolute atomic E-state index is 2.36. The zero-order valence-electron chi connectivity index (χ0n) is 7.74. The molecule has 0 aliphatic heterocycles. The van der Waals surface area contributed by atoms with E-state index in [9.17, 15) is 0 Å². The molecule has 0 aromatic rings. The third-order valence-corrected chi connectivity index (χ3v) is 9.00. The van der Waals surface area contributed by atoms with E-state index in [-0.39, 0.29) is 4.70 Å². The maximum atomic E-state index is 2.36. The van der Waals surface area contributed by atoms with Crippen LogP contribution in [0.2, 0.25) is 0 Å². The Hall–Kier alpha value is 0.360. The summed E-state index contributed by atoms with van der Waals surface area (Å²) < 4.78 is 0. The van der Waals surface area contributed by atoms with Crippen LogP contribution in [0.25, 0.3) is 0 Å². The summed E-state index contributed by atoms with van der Waals surface area (Å²) in [4.78, 5) is 0. The summed E-state index contributed by atoms with van der Waals surface area (Å²) in [5.41, 5.74) is 0. The first-order valence-corrected chi connectivity index (χ1v) is 7.07. The van der Waals surface area contributed by atoms with Crippen molar-refractivity contribution in [3.8, 4) is 0 Å². The van der Waals surface area contributed by atoms with E-state index >= 15 is 0 Å². The fraction of sp³-hybridized carbons (Fsp3) is 1.00. The van der Waals surface area contributed by atoms with E-state index in [4.69, 9.17) is 0 Å². The maximum Gasteiger partial charge on any atom is -0.269 e. The standard InChI is InChI=1S/C8H21P.FH/c1-5-9(6-2,7-3)8-4;/h9H,5-8H2,1-4H3;1H. The van der Waals surface area contributed by atoms with Crippen LogP contribution in [0.3, 0.4) is 0 Å². The van der Waals surface area contributed by atoms with Crippen molar-refractivity contribution in [3.05, 3.63) is 0 Å². The molecular formula is C8H22FP. The average molecular weight is 168 g/mol. The topological polar surface area (TPSA) is 0 Å². The van der Waals surface area contributed by atoms with E-state index in [0.29, 0.717) is 0 Å². The minimum Gasteiger partial charge on any atom is -0.269 e. The Morgan fingerprint density at radius 3 is 0.900 bits per heavy atom. The molecule has 0 heterocycles. The van der Waals surface area contributed by atoms with Gasteiger partial charge in [-0.3, -0.25) is 4.70 Å². The summed E-state index contributed by atoms with van der Waals surface area (Å²) in [6, 6.07) is 0. The molecule has 0 bridgehead atoms. The third-order valence-electron chi connectivity index (χ3n) is 3.00. The van der Waals surface area contributed by atoms with Gasteiger partial charge in [0, 0.05) is 0 Å². The van der Waals surface area contributed by atoms with Crippen LogP contribution in [0, 0.1) is 0 Å². The largest absolute Gasteiger partial charge is 0.269 e. The smallest absolute Gasteiger partial charge is 0.269 e. The summed E-state index contributed by atoms with van der Waals surface area (Å²) in [5.74, 6) is 0. The van der Waals surface area contributed by atoms with Gasteiger partial charge in [0.05, 0.1) is 0 Å². The Morgan fingerprint density at radius 2 is 0.900 bits per heavy atom. The Balaban J connectivity index is 0. The molecule has 0 radical (unpaired) electrons. The first-order valence-electron chi connectivity index (χ1n) is 4.24. The Bertz CT molecular complexity index is 52.1. The number of halogens is 1. The molecule has 0 rings (SSSR count). The summed E-state index contributed by atoms with van der Waals surface area (Å²) >= 11 is 0. The molecule has 66 valence electrons. The molecule has 0 aromatic heterocycles. The Morgan fingerprint density at radius 1 is 0.700 bits per heavy atom. The van der Waals surface area contributed by atoms with Crippen molar-refractivity contribution < 1.29 is 4.70 Å². The summed E-state index contributed by atoms with van der Waals surface area (Å²) in [6.07, 6.45) is 5.93. The molecule has 0 aliphatic carbocycles. The number of rotatable bonds is 4. The van der Waals surface area contributed by atoms with Gasteiger partial charge in [-0.05, 0) is 0 Å². The molecule has 0 saturated carbocycles. The van der Waals surface area contributed by atoms with Crippen LogP contribution in [0.15, 0.2) is 0 Å². The van der Waals surface area contributed by atoms with Crippen LogP contribution in [-0.2, 0) is 0 Å². The van der Waals surface area contributed by atoms with Crippen LogP contribution in [0.4, 0.5) is 4.70 Å². The van der Waals surface area contributed by atoms with Gasteiger partial charge >= 0.3 is 59.6 Å². The first-order chi connectivity index (χ1) is 4.24. The van der Waals surface area contributed by atoms with E-state index in [1.54, 1.807) is 0 Å².